The van der Waals surface area contributed by atoms with Gasteiger partial charge < -0.3 is 14.8 Å². The first-order valence-electron chi connectivity index (χ1n) is 7.59. The molecule has 116 valence electrons. The molecule has 5 heteroatoms. The fourth-order valence-electron chi connectivity index (χ4n) is 2.74. The SMILES string of the molecule is Cc1ccc(-c2nc(CNC(=O)C3(O)CCCC3)co2)cc1. The largest absolute Gasteiger partial charge is 0.444 e. The van der Waals surface area contributed by atoms with Gasteiger partial charge >= 0.3 is 0 Å². The summed E-state index contributed by atoms with van der Waals surface area (Å²) in [7, 11) is 0. The van der Waals surface area contributed by atoms with Crippen molar-refractivity contribution in [3.63, 3.8) is 0 Å². The fraction of sp³-hybridized carbons (Fsp3) is 0.412. The lowest BCUT2D eigenvalue weighted by molar-refractivity contribution is -0.139. The molecule has 5 nitrogen and oxygen atoms in total. The molecule has 0 aliphatic heterocycles. The predicted molar refractivity (Wildman–Crippen MR) is 81.9 cm³/mol. The molecule has 1 aromatic carbocycles. The quantitative estimate of drug-likeness (QED) is 0.910. The Morgan fingerprint density at radius 3 is 2.68 bits per heavy atom. The molecule has 0 bridgehead atoms. The Hall–Kier alpha value is -2.14. The van der Waals surface area contributed by atoms with Gasteiger partial charge in [0.25, 0.3) is 5.91 Å². The average Bonchev–Trinajstić information content (AvgIpc) is 3.15. The molecule has 0 spiro atoms. The molecule has 1 aromatic heterocycles. The second-order valence-corrected chi connectivity index (χ2v) is 5.93. The number of hydrogen-bond donors (Lipinski definition) is 2. The predicted octanol–water partition coefficient (Wildman–Crippen LogP) is 2.57. The van der Waals surface area contributed by atoms with E-state index in [4.69, 9.17) is 4.42 Å². The minimum absolute atomic E-state index is 0.260. The Kier molecular flexibility index (Phi) is 3.98. The molecule has 1 aliphatic rings. The van der Waals surface area contributed by atoms with Crippen molar-refractivity contribution in [2.75, 3.05) is 0 Å². The van der Waals surface area contributed by atoms with Gasteiger partial charge in [0.15, 0.2) is 0 Å². The molecule has 0 radical (unpaired) electrons. The van der Waals surface area contributed by atoms with E-state index in [2.05, 4.69) is 10.3 Å². The maximum atomic E-state index is 12.0. The van der Waals surface area contributed by atoms with Crippen LogP contribution < -0.4 is 5.32 Å². The monoisotopic (exact) mass is 300 g/mol. The van der Waals surface area contributed by atoms with Crippen molar-refractivity contribution in [1.82, 2.24) is 10.3 Å². The van der Waals surface area contributed by atoms with Gasteiger partial charge in [0, 0.05) is 5.56 Å². The third-order valence-electron chi connectivity index (χ3n) is 4.13. The van der Waals surface area contributed by atoms with Crippen molar-refractivity contribution in [2.45, 2.75) is 44.8 Å². The van der Waals surface area contributed by atoms with Crippen molar-refractivity contribution >= 4 is 5.91 Å². The minimum atomic E-state index is -1.20. The zero-order valence-corrected chi connectivity index (χ0v) is 12.6. The summed E-state index contributed by atoms with van der Waals surface area (Å²) in [4.78, 5) is 16.4. The van der Waals surface area contributed by atoms with Gasteiger partial charge in [0.05, 0.1) is 12.2 Å². The number of benzene rings is 1. The van der Waals surface area contributed by atoms with E-state index < -0.39 is 5.60 Å². The minimum Gasteiger partial charge on any atom is -0.444 e. The van der Waals surface area contributed by atoms with Crippen LogP contribution in [-0.4, -0.2) is 21.6 Å². The van der Waals surface area contributed by atoms with Crippen molar-refractivity contribution in [3.05, 3.63) is 41.8 Å². The standard InChI is InChI=1S/C17H20N2O3/c1-12-4-6-13(7-5-12)15-19-14(11-22-15)10-18-16(20)17(21)8-2-3-9-17/h4-7,11,21H,2-3,8-10H2,1H3,(H,18,20). The Bertz CT molecular complexity index is 655. The number of nitrogens with zero attached hydrogens (tertiary/aromatic N) is 1. The summed E-state index contributed by atoms with van der Waals surface area (Å²) >= 11 is 0. The Labute approximate surface area is 129 Å². The third kappa shape index (κ3) is 3.04. The van der Waals surface area contributed by atoms with Crippen LogP contribution in [0, 0.1) is 6.92 Å². The van der Waals surface area contributed by atoms with E-state index in [1.165, 1.54) is 11.8 Å². The van der Waals surface area contributed by atoms with Crippen LogP contribution in [0.15, 0.2) is 34.9 Å². The van der Waals surface area contributed by atoms with E-state index in [9.17, 15) is 9.90 Å². The molecule has 0 unspecified atom stereocenters. The van der Waals surface area contributed by atoms with E-state index in [0.29, 0.717) is 24.4 Å². The third-order valence-corrected chi connectivity index (χ3v) is 4.13. The van der Waals surface area contributed by atoms with Gasteiger partial charge in [-0.05, 0) is 44.7 Å². The number of oxazole rings is 1. The molecule has 0 atom stereocenters. The summed E-state index contributed by atoms with van der Waals surface area (Å²) in [6.07, 6.45) is 4.39. The van der Waals surface area contributed by atoms with Crippen LogP contribution >= 0.6 is 0 Å². The van der Waals surface area contributed by atoms with Gasteiger partial charge in [-0.25, -0.2) is 4.98 Å². The van der Waals surface area contributed by atoms with E-state index in [-0.39, 0.29) is 12.5 Å². The van der Waals surface area contributed by atoms with Crippen LogP contribution in [0.25, 0.3) is 11.5 Å². The number of hydrogen-bond acceptors (Lipinski definition) is 4. The molecular formula is C17H20N2O3. The highest BCUT2D eigenvalue weighted by Gasteiger charge is 2.38. The number of aryl methyl sites for hydroxylation is 1. The van der Waals surface area contributed by atoms with Gasteiger partial charge in [-0.3, -0.25) is 4.79 Å². The number of amides is 1. The first-order valence-corrected chi connectivity index (χ1v) is 7.59. The number of aliphatic hydroxyl groups is 1. The zero-order valence-electron chi connectivity index (χ0n) is 12.6. The first kappa shape index (κ1) is 14.8. The Balaban J connectivity index is 1.62. The highest BCUT2D eigenvalue weighted by molar-refractivity contribution is 5.85. The topological polar surface area (TPSA) is 75.4 Å². The Morgan fingerprint density at radius 1 is 1.32 bits per heavy atom. The molecule has 1 amide bonds. The lowest BCUT2D eigenvalue weighted by atomic mass is 10.0. The van der Waals surface area contributed by atoms with E-state index >= 15 is 0 Å². The van der Waals surface area contributed by atoms with Crippen molar-refractivity contribution in [1.29, 1.82) is 0 Å². The molecule has 22 heavy (non-hydrogen) atoms. The number of aromatic nitrogens is 1. The number of rotatable bonds is 4. The summed E-state index contributed by atoms with van der Waals surface area (Å²) in [5.74, 6) is 0.216. The highest BCUT2D eigenvalue weighted by Crippen LogP contribution is 2.29. The number of carbonyl (C=O) groups excluding carboxylic acids is 1. The molecule has 1 aliphatic carbocycles. The Morgan fingerprint density at radius 2 is 2.00 bits per heavy atom. The van der Waals surface area contributed by atoms with Gasteiger partial charge in [-0.15, -0.1) is 0 Å². The van der Waals surface area contributed by atoms with Crippen molar-refractivity contribution in [3.8, 4) is 11.5 Å². The molecule has 1 heterocycles. The van der Waals surface area contributed by atoms with Crippen LogP contribution in [0.4, 0.5) is 0 Å². The number of nitrogens with one attached hydrogen (secondary N) is 1. The van der Waals surface area contributed by atoms with E-state index in [1.54, 1.807) is 0 Å². The zero-order chi connectivity index (χ0) is 15.6. The molecular weight excluding hydrogens is 280 g/mol. The van der Waals surface area contributed by atoms with Gasteiger partial charge in [-0.2, -0.15) is 0 Å². The van der Waals surface area contributed by atoms with Crippen LogP contribution in [-0.2, 0) is 11.3 Å². The first-order chi connectivity index (χ1) is 10.6. The molecule has 3 rings (SSSR count). The van der Waals surface area contributed by atoms with Crippen molar-refractivity contribution in [2.24, 2.45) is 0 Å². The van der Waals surface area contributed by atoms with Crippen LogP contribution in [0.2, 0.25) is 0 Å². The van der Waals surface area contributed by atoms with Crippen LogP contribution in [0.5, 0.6) is 0 Å². The normalized spacial score (nSPS) is 16.6. The summed E-state index contributed by atoms with van der Waals surface area (Å²) in [5.41, 5.74) is 1.51. The second-order valence-electron chi connectivity index (χ2n) is 5.93. The molecule has 2 N–H and O–H groups in total. The van der Waals surface area contributed by atoms with Gasteiger partial charge in [0.1, 0.15) is 11.9 Å². The number of carbonyl (C=O) groups is 1. The summed E-state index contributed by atoms with van der Waals surface area (Å²) in [6.45, 7) is 2.28. The van der Waals surface area contributed by atoms with Crippen LogP contribution in [0.3, 0.4) is 0 Å². The summed E-state index contributed by atoms with van der Waals surface area (Å²) < 4.78 is 5.45. The molecule has 2 aromatic rings. The maximum absolute atomic E-state index is 12.0. The second kappa shape index (κ2) is 5.93. The maximum Gasteiger partial charge on any atom is 0.252 e. The summed E-state index contributed by atoms with van der Waals surface area (Å²) in [6, 6.07) is 7.89. The van der Waals surface area contributed by atoms with Crippen LogP contribution in [0.1, 0.15) is 36.9 Å². The average molecular weight is 300 g/mol. The van der Waals surface area contributed by atoms with E-state index in [1.807, 2.05) is 31.2 Å². The molecule has 1 fully saturated rings. The van der Waals surface area contributed by atoms with E-state index in [0.717, 1.165) is 18.4 Å². The lowest BCUT2D eigenvalue weighted by Crippen LogP contribution is -2.44. The highest BCUT2D eigenvalue weighted by atomic mass is 16.3. The summed E-state index contributed by atoms with van der Waals surface area (Å²) in [5, 5.41) is 12.9. The smallest absolute Gasteiger partial charge is 0.252 e. The van der Waals surface area contributed by atoms with Gasteiger partial charge in [0.2, 0.25) is 5.89 Å². The fourth-order valence-corrected chi connectivity index (χ4v) is 2.74. The van der Waals surface area contributed by atoms with Gasteiger partial charge in [-0.1, -0.05) is 17.7 Å². The molecule has 0 saturated heterocycles. The molecule has 1 saturated carbocycles. The lowest BCUT2D eigenvalue weighted by Gasteiger charge is -2.20. The van der Waals surface area contributed by atoms with Crippen molar-refractivity contribution < 1.29 is 14.3 Å².